The number of nitrogens with zero attached hydrogens (tertiary/aromatic N) is 5. The van der Waals surface area contributed by atoms with Gasteiger partial charge < -0.3 is 11.1 Å². The van der Waals surface area contributed by atoms with Crippen molar-refractivity contribution >= 4 is 17.8 Å². The molecule has 2 aromatic heterocycles. The Balaban J connectivity index is 0.000000461. The number of piperidine rings is 1. The molecule has 3 heterocycles. The van der Waals surface area contributed by atoms with Gasteiger partial charge in [0.1, 0.15) is 11.9 Å². The summed E-state index contributed by atoms with van der Waals surface area (Å²) in [5.74, 6) is 0.371. The highest BCUT2D eigenvalue weighted by Gasteiger charge is 2.19. The van der Waals surface area contributed by atoms with Gasteiger partial charge in [0.2, 0.25) is 5.82 Å². The number of aromatic nitrogens is 3. The smallest absolute Gasteiger partial charge is 0.250 e. The van der Waals surface area contributed by atoms with Crippen LogP contribution in [0.15, 0.2) is 85.6 Å². The van der Waals surface area contributed by atoms with E-state index < -0.39 is 5.91 Å². The van der Waals surface area contributed by atoms with Crippen molar-refractivity contribution in [3.63, 3.8) is 0 Å². The van der Waals surface area contributed by atoms with E-state index in [2.05, 4.69) is 62.9 Å². The molecule has 2 aromatic carbocycles. The fourth-order valence-electron chi connectivity index (χ4n) is 4.51. The van der Waals surface area contributed by atoms with Crippen LogP contribution in [0.3, 0.4) is 0 Å². The maximum absolute atomic E-state index is 11.5. The minimum absolute atomic E-state index is 0.181. The average molecular weight is 532 g/mol. The van der Waals surface area contributed by atoms with Crippen LogP contribution in [-0.4, -0.2) is 44.9 Å². The lowest BCUT2D eigenvalue weighted by atomic mass is 10.0. The first-order valence-corrected chi connectivity index (χ1v) is 13.2. The molecule has 202 valence electrons. The fraction of sp³-hybridized carbons (Fsp3) is 0.219. The Morgan fingerprint density at radius 2 is 1.80 bits per heavy atom. The van der Waals surface area contributed by atoms with E-state index in [1.165, 1.54) is 11.1 Å². The molecule has 1 saturated heterocycles. The Hall–Kier alpha value is -4.87. The third-order valence-electron chi connectivity index (χ3n) is 6.68. The van der Waals surface area contributed by atoms with Crippen LogP contribution in [0, 0.1) is 18.3 Å². The summed E-state index contributed by atoms with van der Waals surface area (Å²) in [6, 6.07) is 26.2. The van der Waals surface area contributed by atoms with Crippen LogP contribution in [0.4, 0.5) is 5.82 Å². The standard InChI is InChI=1S/C25H25N7O.C7H8/c1-2-21-20(25(27)33)7-8-22(30-21)18-5-3-17(4-6-18)16-32-13-10-19(11-14-32)29-23-9-12-28-24(15-26)31-23;1-7-5-3-2-4-6-7/h2-9,12,19H,1,10-11,13-14,16H2,(H2,27,33)(H,28,29,31);2-6H,1H3. The zero-order valence-electron chi connectivity index (χ0n) is 22.6. The summed E-state index contributed by atoms with van der Waals surface area (Å²) in [5.41, 5.74) is 10.6. The number of nitrogens with two attached hydrogens (primary N) is 1. The zero-order valence-corrected chi connectivity index (χ0v) is 22.6. The van der Waals surface area contributed by atoms with Gasteiger partial charge in [0.15, 0.2) is 0 Å². The van der Waals surface area contributed by atoms with Crippen molar-refractivity contribution in [2.75, 3.05) is 18.4 Å². The number of anilines is 1. The van der Waals surface area contributed by atoms with Gasteiger partial charge in [-0.3, -0.25) is 9.69 Å². The Morgan fingerprint density at radius 3 is 2.40 bits per heavy atom. The van der Waals surface area contributed by atoms with Gasteiger partial charge in [-0.15, -0.1) is 0 Å². The molecular weight excluding hydrogens is 498 g/mol. The molecule has 4 aromatic rings. The van der Waals surface area contributed by atoms with Gasteiger partial charge in [-0.05, 0) is 49.6 Å². The average Bonchev–Trinajstić information content (AvgIpc) is 2.99. The predicted molar refractivity (Wildman–Crippen MR) is 158 cm³/mol. The summed E-state index contributed by atoms with van der Waals surface area (Å²) < 4.78 is 0. The van der Waals surface area contributed by atoms with E-state index in [4.69, 9.17) is 11.0 Å². The Kier molecular flexibility index (Phi) is 9.70. The topological polar surface area (TPSA) is 121 Å². The first-order valence-electron chi connectivity index (χ1n) is 13.2. The Morgan fingerprint density at radius 1 is 1.07 bits per heavy atom. The minimum atomic E-state index is -0.512. The van der Waals surface area contributed by atoms with Gasteiger partial charge in [-0.25, -0.2) is 15.0 Å². The number of benzene rings is 2. The van der Waals surface area contributed by atoms with Crippen molar-refractivity contribution in [1.29, 1.82) is 5.26 Å². The summed E-state index contributed by atoms with van der Waals surface area (Å²) in [4.78, 5) is 26.6. The SMILES string of the molecule is C=Cc1nc(-c2ccc(CN3CCC(Nc4ccnc(C#N)n4)CC3)cc2)ccc1C(N)=O.Cc1ccccc1. The van der Waals surface area contributed by atoms with E-state index in [0.29, 0.717) is 23.1 Å². The van der Waals surface area contributed by atoms with E-state index in [0.717, 1.165) is 43.7 Å². The molecule has 0 aliphatic carbocycles. The molecule has 8 heteroatoms. The quantitative estimate of drug-likeness (QED) is 0.335. The number of carbonyl (C=O) groups excluding carboxylic acids is 1. The van der Waals surface area contributed by atoms with Crippen molar-refractivity contribution in [3.8, 4) is 17.3 Å². The van der Waals surface area contributed by atoms with E-state index in [9.17, 15) is 4.79 Å². The highest BCUT2D eigenvalue weighted by atomic mass is 16.1. The predicted octanol–water partition coefficient (Wildman–Crippen LogP) is 5.22. The van der Waals surface area contributed by atoms with Crippen LogP contribution in [0.1, 0.15) is 45.8 Å². The number of pyridine rings is 1. The number of aryl methyl sites for hydroxylation is 1. The van der Waals surface area contributed by atoms with E-state index in [-0.39, 0.29) is 5.82 Å². The molecule has 5 rings (SSSR count). The molecule has 0 spiro atoms. The molecule has 1 aliphatic heterocycles. The third kappa shape index (κ3) is 7.82. The lowest BCUT2D eigenvalue weighted by Gasteiger charge is -2.32. The number of primary amides is 1. The molecule has 1 aliphatic rings. The van der Waals surface area contributed by atoms with E-state index >= 15 is 0 Å². The van der Waals surface area contributed by atoms with Crippen molar-refractivity contribution in [3.05, 3.63) is 114 Å². The van der Waals surface area contributed by atoms with E-state index in [1.54, 1.807) is 30.5 Å². The first kappa shape index (κ1) is 28.1. The molecule has 8 nitrogen and oxygen atoms in total. The number of rotatable bonds is 7. The molecule has 0 saturated carbocycles. The summed E-state index contributed by atoms with van der Waals surface area (Å²) in [6.45, 7) is 8.65. The van der Waals surface area contributed by atoms with Crippen molar-refractivity contribution in [2.24, 2.45) is 5.73 Å². The van der Waals surface area contributed by atoms with Crippen LogP contribution in [-0.2, 0) is 6.54 Å². The second-order valence-electron chi connectivity index (χ2n) is 9.62. The van der Waals surface area contributed by atoms with Gasteiger partial charge in [0.05, 0.1) is 17.0 Å². The van der Waals surface area contributed by atoms with Crippen molar-refractivity contribution in [1.82, 2.24) is 19.9 Å². The number of hydrogen-bond donors (Lipinski definition) is 2. The van der Waals surface area contributed by atoms with E-state index in [1.807, 2.05) is 36.4 Å². The third-order valence-corrected chi connectivity index (χ3v) is 6.68. The normalized spacial score (nSPS) is 13.4. The van der Waals surface area contributed by atoms with Crippen LogP contribution in [0.2, 0.25) is 0 Å². The summed E-state index contributed by atoms with van der Waals surface area (Å²) in [5, 5.41) is 12.4. The van der Waals surface area contributed by atoms with Gasteiger partial charge in [0.25, 0.3) is 5.91 Å². The number of carbonyl (C=O) groups is 1. The number of likely N-dealkylation sites (tertiary alicyclic amines) is 1. The maximum atomic E-state index is 11.5. The second kappa shape index (κ2) is 13.8. The summed E-state index contributed by atoms with van der Waals surface area (Å²) in [7, 11) is 0. The fourth-order valence-corrected chi connectivity index (χ4v) is 4.51. The summed E-state index contributed by atoms with van der Waals surface area (Å²) in [6.07, 6.45) is 5.16. The molecule has 0 unspecified atom stereocenters. The van der Waals surface area contributed by atoms with Crippen LogP contribution >= 0.6 is 0 Å². The summed E-state index contributed by atoms with van der Waals surface area (Å²) >= 11 is 0. The monoisotopic (exact) mass is 531 g/mol. The molecule has 3 N–H and O–H groups in total. The molecule has 1 amide bonds. The molecule has 1 fully saturated rings. The lowest BCUT2D eigenvalue weighted by molar-refractivity contribution is 0.1000. The largest absolute Gasteiger partial charge is 0.367 e. The number of nitriles is 1. The second-order valence-corrected chi connectivity index (χ2v) is 9.62. The number of amides is 1. The highest BCUT2D eigenvalue weighted by molar-refractivity contribution is 5.96. The van der Waals surface area contributed by atoms with Gasteiger partial charge in [-0.1, -0.05) is 66.7 Å². The molecule has 0 radical (unpaired) electrons. The molecule has 0 bridgehead atoms. The van der Waals surface area contributed by atoms with Gasteiger partial charge >= 0.3 is 0 Å². The van der Waals surface area contributed by atoms with Crippen molar-refractivity contribution in [2.45, 2.75) is 32.4 Å². The minimum Gasteiger partial charge on any atom is -0.367 e. The van der Waals surface area contributed by atoms with Crippen LogP contribution in [0.5, 0.6) is 0 Å². The first-order chi connectivity index (χ1) is 19.4. The molecule has 40 heavy (non-hydrogen) atoms. The maximum Gasteiger partial charge on any atom is 0.250 e. The number of hydrogen-bond acceptors (Lipinski definition) is 7. The van der Waals surface area contributed by atoms with Crippen LogP contribution < -0.4 is 11.1 Å². The lowest BCUT2D eigenvalue weighted by Crippen LogP contribution is -2.38. The van der Waals surface area contributed by atoms with Crippen LogP contribution in [0.25, 0.3) is 17.3 Å². The van der Waals surface area contributed by atoms with Gasteiger partial charge in [0, 0.05) is 37.4 Å². The zero-order chi connectivity index (χ0) is 28.3. The molecular formula is C32H33N7O. The number of nitrogens with one attached hydrogen (secondary N) is 1. The highest BCUT2D eigenvalue weighted by Crippen LogP contribution is 2.22. The van der Waals surface area contributed by atoms with Crippen molar-refractivity contribution < 1.29 is 4.79 Å². The molecule has 0 atom stereocenters. The Bertz CT molecular complexity index is 1470. The Labute approximate surface area is 235 Å². The van der Waals surface area contributed by atoms with Gasteiger partial charge in [-0.2, -0.15) is 5.26 Å².